The van der Waals surface area contributed by atoms with Crippen molar-refractivity contribution in [2.45, 2.75) is 32.2 Å². The van der Waals surface area contributed by atoms with Crippen LogP contribution in [0, 0.1) is 5.92 Å². The maximum Gasteiger partial charge on any atom is 0.318 e. The second-order valence-corrected chi connectivity index (χ2v) is 4.50. The first-order valence-electron chi connectivity index (χ1n) is 6.11. The summed E-state index contributed by atoms with van der Waals surface area (Å²) in [6, 6.07) is -0.573. The lowest BCUT2D eigenvalue weighted by Crippen LogP contribution is -2.53. The van der Waals surface area contributed by atoms with Crippen molar-refractivity contribution >= 4 is 11.9 Å². The highest BCUT2D eigenvalue weighted by atomic mass is 16.2. The maximum atomic E-state index is 11.5. The lowest BCUT2D eigenvalue weighted by molar-refractivity contribution is -0.122. The summed E-state index contributed by atoms with van der Waals surface area (Å²) in [5.74, 6) is 0.183. The van der Waals surface area contributed by atoms with E-state index in [-0.39, 0.29) is 18.5 Å². The number of amides is 3. The first-order valence-corrected chi connectivity index (χ1v) is 6.11. The fraction of sp³-hybridized carbons (Fsp3) is 0.818. The van der Waals surface area contributed by atoms with Crippen LogP contribution in [0.5, 0.6) is 0 Å². The molecule has 0 bridgehead atoms. The first-order chi connectivity index (χ1) is 8.08. The van der Waals surface area contributed by atoms with E-state index in [9.17, 15) is 9.59 Å². The number of carbonyl (C=O) groups excluding carboxylic acids is 2. The molecule has 0 aromatic heterocycles. The van der Waals surface area contributed by atoms with E-state index in [0.29, 0.717) is 12.5 Å². The van der Waals surface area contributed by atoms with Crippen LogP contribution in [-0.2, 0) is 4.79 Å². The van der Waals surface area contributed by atoms with Gasteiger partial charge in [-0.2, -0.15) is 0 Å². The van der Waals surface area contributed by atoms with Crippen LogP contribution in [0.3, 0.4) is 0 Å². The normalized spacial score (nSPS) is 25.5. The molecule has 0 spiro atoms. The minimum absolute atomic E-state index is 0.196. The van der Waals surface area contributed by atoms with Crippen LogP contribution in [-0.4, -0.2) is 42.5 Å². The van der Waals surface area contributed by atoms with Crippen molar-refractivity contribution in [3.63, 3.8) is 0 Å². The third-order valence-corrected chi connectivity index (χ3v) is 3.41. The second-order valence-electron chi connectivity index (χ2n) is 4.50. The zero-order valence-corrected chi connectivity index (χ0v) is 10.3. The van der Waals surface area contributed by atoms with E-state index in [2.05, 4.69) is 17.1 Å². The summed E-state index contributed by atoms with van der Waals surface area (Å²) >= 11 is 0. The van der Waals surface area contributed by atoms with Crippen LogP contribution < -0.4 is 16.8 Å². The van der Waals surface area contributed by atoms with Gasteiger partial charge in [-0.3, -0.25) is 15.0 Å². The Bertz CT molecular complexity index is 283. The van der Waals surface area contributed by atoms with Gasteiger partial charge in [-0.05, 0) is 25.3 Å². The maximum absolute atomic E-state index is 11.5. The Labute approximate surface area is 102 Å². The number of carbonyl (C=O) groups is 2. The van der Waals surface area contributed by atoms with Gasteiger partial charge in [-0.15, -0.1) is 0 Å². The van der Waals surface area contributed by atoms with Gasteiger partial charge < -0.3 is 11.5 Å². The highest BCUT2D eigenvalue weighted by Gasteiger charge is 2.30. The molecule has 6 nitrogen and oxygen atoms in total. The Hall–Kier alpha value is -1.14. The van der Waals surface area contributed by atoms with E-state index < -0.39 is 6.03 Å². The molecule has 1 fully saturated rings. The van der Waals surface area contributed by atoms with Crippen LogP contribution in [0.15, 0.2) is 0 Å². The lowest BCUT2D eigenvalue weighted by atomic mass is 9.87. The monoisotopic (exact) mass is 242 g/mol. The van der Waals surface area contributed by atoms with E-state index in [0.717, 1.165) is 25.8 Å². The number of nitrogens with one attached hydrogen (secondary N) is 1. The molecule has 98 valence electrons. The van der Waals surface area contributed by atoms with Gasteiger partial charge in [-0.1, -0.05) is 13.3 Å². The topological polar surface area (TPSA) is 101 Å². The second kappa shape index (κ2) is 6.56. The lowest BCUT2D eigenvalue weighted by Gasteiger charge is -2.40. The minimum atomic E-state index is -0.802. The van der Waals surface area contributed by atoms with Crippen molar-refractivity contribution in [2.24, 2.45) is 17.4 Å². The van der Waals surface area contributed by atoms with Gasteiger partial charge in [-0.25, -0.2) is 4.79 Å². The molecular weight excluding hydrogens is 220 g/mol. The van der Waals surface area contributed by atoms with Gasteiger partial charge in [0.15, 0.2) is 0 Å². The molecule has 1 rings (SSSR count). The molecule has 0 aromatic carbocycles. The van der Waals surface area contributed by atoms with Crippen LogP contribution in [0.1, 0.15) is 26.2 Å². The molecule has 0 radical (unpaired) electrons. The largest absolute Gasteiger partial charge is 0.351 e. The molecule has 1 saturated heterocycles. The minimum Gasteiger partial charge on any atom is -0.351 e. The van der Waals surface area contributed by atoms with E-state index in [1.165, 1.54) is 0 Å². The van der Waals surface area contributed by atoms with E-state index >= 15 is 0 Å². The van der Waals surface area contributed by atoms with Gasteiger partial charge in [0.1, 0.15) is 0 Å². The highest BCUT2D eigenvalue weighted by Crippen LogP contribution is 2.25. The highest BCUT2D eigenvalue weighted by molar-refractivity contribution is 5.94. The Morgan fingerprint density at radius 1 is 1.47 bits per heavy atom. The number of nitrogens with two attached hydrogens (primary N) is 2. The summed E-state index contributed by atoms with van der Waals surface area (Å²) in [6.07, 6.45) is 3.29. The molecule has 1 aliphatic rings. The van der Waals surface area contributed by atoms with E-state index in [1.807, 2.05) is 0 Å². The van der Waals surface area contributed by atoms with Crippen molar-refractivity contribution < 1.29 is 9.59 Å². The SMILES string of the molecule is CCC1CCCN(CC(=O)NC(N)=O)C1CN. The molecule has 2 atom stereocenters. The van der Waals surface area contributed by atoms with E-state index in [1.54, 1.807) is 0 Å². The number of imide groups is 1. The Morgan fingerprint density at radius 2 is 2.18 bits per heavy atom. The van der Waals surface area contributed by atoms with Gasteiger partial charge in [0, 0.05) is 12.6 Å². The fourth-order valence-corrected chi connectivity index (χ4v) is 2.59. The Morgan fingerprint density at radius 3 is 2.71 bits per heavy atom. The number of likely N-dealkylation sites (tertiary alicyclic amines) is 1. The zero-order valence-electron chi connectivity index (χ0n) is 10.3. The van der Waals surface area contributed by atoms with Crippen molar-refractivity contribution in [3.05, 3.63) is 0 Å². The quantitative estimate of drug-likeness (QED) is 0.626. The number of piperidine rings is 1. The standard InChI is InChI=1S/C11H22N4O2/c1-2-8-4-3-5-15(9(8)6-12)7-10(16)14-11(13)17/h8-9H,2-7,12H2,1H3,(H3,13,14,16,17). The number of hydrogen-bond donors (Lipinski definition) is 3. The molecule has 2 unspecified atom stereocenters. The predicted octanol–water partition coefficient (Wildman–Crippen LogP) is -0.369. The average Bonchev–Trinajstić information content (AvgIpc) is 2.27. The summed E-state index contributed by atoms with van der Waals surface area (Å²) in [4.78, 5) is 24.1. The Kier molecular flexibility index (Phi) is 5.37. The number of primary amides is 1. The number of rotatable bonds is 4. The summed E-state index contributed by atoms with van der Waals surface area (Å²) in [7, 11) is 0. The summed E-state index contributed by atoms with van der Waals surface area (Å²) in [5, 5.41) is 2.09. The van der Waals surface area contributed by atoms with Gasteiger partial charge in [0.2, 0.25) is 5.91 Å². The number of nitrogens with zero attached hydrogens (tertiary/aromatic N) is 1. The number of hydrogen-bond acceptors (Lipinski definition) is 4. The fourth-order valence-electron chi connectivity index (χ4n) is 2.59. The zero-order chi connectivity index (χ0) is 12.8. The van der Waals surface area contributed by atoms with Gasteiger partial charge in [0.05, 0.1) is 6.54 Å². The molecule has 0 aromatic rings. The van der Waals surface area contributed by atoms with Crippen LogP contribution >= 0.6 is 0 Å². The molecule has 17 heavy (non-hydrogen) atoms. The van der Waals surface area contributed by atoms with Crippen molar-refractivity contribution in [2.75, 3.05) is 19.6 Å². The van der Waals surface area contributed by atoms with Crippen LogP contribution in [0.2, 0.25) is 0 Å². The van der Waals surface area contributed by atoms with Crippen molar-refractivity contribution in [1.29, 1.82) is 0 Å². The molecule has 0 aliphatic carbocycles. The average molecular weight is 242 g/mol. The third-order valence-electron chi connectivity index (χ3n) is 3.41. The van der Waals surface area contributed by atoms with E-state index in [4.69, 9.17) is 11.5 Å². The summed E-state index contributed by atoms with van der Waals surface area (Å²) < 4.78 is 0. The summed E-state index contributed by atoms with van der Waals surface area (Å²) in [5.41, 5.74) is 10.7. The molecule has 5 N–H and O–H groups in total. The first kappa shape index (κ1) is 13.9. The number of urea groups is 1. The molecule has 3 amide bonds. The third kappa shape index (κ3) is 3.98. The van der Waals surface area contributed by atoms with Gasteiger partial charge >= 0.3 is 6.03 Å². The Balaban J connectivity index is 2.55. The molecule has 0 saturated carbocycles. The smallest absolute Gasteiger partial charge is 0.318 e. The summed E-state index contributed by atoms with van der Waals surface area (Å²) in [6.45, 7) is 3.73. The van der Waals surface area contributed by atoms with Crippen LogP contribution in [0.4, 0.5) is 4.79 Å². The molecular formula is C11H22N4O2. The molecule has 6 heteroatoms. The predicted molar refractivity (Wildman–Crippen MR) is 65.2 cm³/mol. The van der Waals surface area contributed by atoms with Crippen molar-refractivity contribution in [1.82, 2.24) is 10.2 Å². The van der Waals surface area contributed by atoms with Crippen molar-refractivity contribution in [3.8, 4) is 0 Å². The molecule has 1 aliphatic heterocycles. The van der Waals surface area contributed by atoms with Crippen LogP contribution in [0.25, 0.3) is 0 Å². The van der Waals surface area contributed by atoms with Gasteiger partial charge in [0.25, 0.3) is 0 Å². The molecule has 1 heterocycles.